The van der Waals surface area contributed by atoms with E-state index in [1.54, 1.807) is 17.2 Å². The number of piperazine rings is 1. The van der Waals surface area contributed by atoms with Gasteiger partial charge in [-0.25, -0.2) is 9.97 Å². The van der Waals surface area contributed by atoms with Crippen LogP contribution in [0.2, 0.25) is 0 Å². The van der Waals surface area contributed by atoms with Crippen molar-refractivity contribution in [1.82, 2.24) is 14.9 Å². The minimum absolute atomic E-state index is 0.0239. The molecule has 3 heterocycles. The van der Waals surface area contributed by atoms with Crippen molar-refractivity contribution in [2.75, 3.05) is 36.5 Å². The predicted octanol–water partition coefficient (Wildman–Crippen LogP) is 3.03. The van der Waals surface area contributed by atoms with Crippen LogP contribution in [0.4, 0.5) is 17.3 Å². The molecular formula is C24H28N6O2. The molecule has 2 aliphatic rings. The van der Waals surface area contributed by atoms with Crippen LogP contribution in [0.1, 0.15) is 48.9 Å². The highest BCUT2D eigenvalue weighted by molar-refractivity contribution is 5.77. The number of aliphatic hydroxyl groups is 1. The molecule has 0 spiro atoms. The summed E-state index contributed by atoms with van der Waals surface area (Å²) >= 11 is 0. The molecule has 8 nitrogen and oxygen atoms in total. The molecule has 1 unspecified atom stereocenters. The third-order valence-electron chi connectivity index (χ3n) is 5.97. The topological polar surface area (TPSA) is 105 Å². The van der Waals surface area contributed by atoms with Gasteiger partial charge in [0.05, 0.1) is 23.6 Å². The van der Waals surface area contributed by atoms with E-state index < -0.39 is 0 Å². The zero-order valence-electron chi connectivity index (χ0n) is 18.3. The highest BCUT2D eigenvalue weighted by Crippen LogP contribution is 2.44. The Balaban J connectivity index is 1.61. The van der Waals surface area contributed by atoms with Crippen molar-refractivity contribution in [2.45, 2.75) is 38.1 Å². The lowest BCUT2D eigenvalue weighted by Crippen LogP contribution is -2.54. The first-order chi connectivity index (χ1) is 15.5. The Kier molecular flexibility index (Phi) is 6.37. The minimum atomic E-state index is -0.143. The van der Waals surface area contributed by atoms with Crippen LogP contribution in [0.5, 0.6) is 0 Å². The van der Waals surface area contributed by atoms with E-state index in [0.29, 0.717) is 42.8 Å². The fraction of sp³-hybridized carbons (Fsp3) is 0.417. The average molecular weight is 433 g/mol. The van der Waals surface area contributed by atoms with Crippen molar-refractivity contribution in [3.05, 3.63) is 47.8 Å². The lowest BCUT2D eigenvalue weighted by molar-refractivity contribution is -0.134. The SMILES string of the molecule is C=Cc1ccnc(Nc2cc(C#N)c(N3CCN(C(=O)CCO)C(C)C3)nc2C2CC2)c1. The van der Waals surface area contributed by atoms with Gasteiger partial charge in [0.25, 0.3) is 0 Å². The summed E-state index contributed by atoms with van der Waals surface area (Å²) in [5.41, 5.74) is 3.23. The second kappa shape index (κ2) is 9.37. The van der Waals surface area contributed by atoms with Gasteiger partial charge in [0.2, 0.25) is 5.91 Å². The standard InChI is InChI=1S/C24H28N6O2/c1-3-17-6-8-26-21(12-17)27-20-13-19(14-25)24(28-23(20)18-4-5-18)29-9-10-30(16(2)15-29)22(32)7-11-31/h3,6,8,12-13,16,18,31H,1,4-5,7,9-11,15H2,2H3,(H,26,27). The maximum Gasteiger partial charge on any atom is 0.225 e. The van der Waals surface area contributed by atoms with E-state index >= 15 is 0 Å². The van der Waals surface area contributed by atoms with E-state index in [4.69, 9.17) is 10.1 Å². The molecule has 0 aromatic carbocycles. The zero-order valence-corrected chi connectivity index (χ0v) is 18.3. The third-order valence-corrected chi connectivity index (χ3v) is 5.97. The van der Waals surface area contributed by atoms with Gasteiger partial charge in [-0.1, -0.05) is 12.7 Å². The molecule has 2 aromatic heterocycles. The second-order valence-corrected chi connectivity index (χ2v) is 8.34. The Labute approximate surface area is 188 Å². The van der Waals surface area contributed by atoms with Gasteiger partial charge in [-0.3, -0.25) is 4.79 Å². The van der Waals surface area contributed by atoms with E-state index in [9.17, 15) is 10.1 Å². The number of amides is 1. The van der Waals surface area contributed by atoms with Crippen molar-refractivity contribution < 1.29 is 9.90 Å². The largest absolute Gasteiger partial charge is 0.396 e. The van der Waals surface area contributed by atoms with Gasteiger partial charge >= 0.3 is 0 Å². The summed E-state index contributed by atoms with van der Waals surface area (Å²) in [6.07, 6.45) is 5.78. The highest BCUT2D eigenvalue weighted by Gasteiger charge is 2.33. The number of hydrogen-bond acceptors (Lipinski definition) is 7. The Morgan fingerprint density at radius 2 is 2.22 bits per heavy atom. The molecule has 2 N–H and O–H groups in total. The van der Waals surface area contributed by atoms with Gasteiger partial charge in [-0.15, -0.1) is 0 Å². The molecule has 2 fully saturated rings. The van der Waals surface area contributed by atoms with Crippen molar-refractivity contribution in [1.29, 1.82) is 5.26 Å². The van der Waals surface area contributed by atoms with E-state index in [-0.39, 0.29) is 25.0 Å². The van der Waals surface area contributed by atoms with Gasteiger partial charge in [0.15, 0.2) is 0 Å². The summed E-state index contributed by atoms with van der Waals surface area (Å²) in [4.78, 5) is 25.5. The quantitative estimate of drug-likeness (QED) is 0.693. The Hall–Kier alpha value is -3.44. The van der Waals surface area contributed by atoms with Gasteiger partial charge < -0.3 is 20.2 Å². The highest BCUT2D eigenvalue weighted by atomic mass is 16.3. The number of nitrogens with zero attached hydrogens (tertiary/aromatic N) is 5. The number of anilines is 3. The van der Waals surface area contributed by atoms with Crippen LogP contribution in [-0.2, 0) is 4.79 Å². The summed E-state index contributed by atoms with van der Waals surface area (Å²) < 4.78 is 0. The first kappa shape index (κ1) is 21.8. The summed E-state index contributed by atoms with van der Waals surface area (Å²) in [6.45, 7) is 7.39. The molecular weight excluding hydrogens is 404 g/mol. The van der Waals surface area contributed by atoms with Crippen LogP contribution in [-0.4, -0.2) is 58.2 Å². The fourth-order valence-corrected chi connectivity index (χ4v) is 4.15. The number of hydrogen-bond donors (Lipinski definition) is 2. The molecule has 1 saturated heterocycles. The molecule has 1 saturated carbocycles. The maximum atomic E-state index is 12.2. The summed E-state index contributed by atoms with van der Waals surface area (Å²) in [7, 11) is 0. The zero-order chi connectivity index (χ0) is 22.7. The van der Waals surface area contributed by atoms with Crippen molar-refractivity contribution in [3.8, 4) is 6.07 Å². The van der Waals surface area contributed by atoms with Gasteiger partial charge in [0, 0.05) is 44.2 Å². The van der Waals surface area contributed by atoms with E-state index in [1.807, 2.05) is 25.1 Å². The molecule has 8 heteroatoms. The second-order valence-electron chi connectivity index (χ2n) is 8.34. The number of nitrogens with one attached hydrogen (secondary N) is 1. The van der Waals surface area contributed by atoms with Crippen LogP contribution < -0.4 is 10.2 Å². The van der Waals surface area contributed by atoms with Crippen molar-refractivity contribution >= 4 is 29.3 Å². The number of aromatic nitrogens is 2. The van der Waals surface area contributed by atoms with Crippen LogP contribution >= 0.6 is 0 Å². The van der Waals surface area contributed by atoms with E-state index in [0.717, 1.165) is 29.8 Å². The number of rotatable bonds is 7. The normalized spacial score (nSPS) is 18.2. The Morgan fingerprint density at radius 1 is 1.41 bits per heavy atom. The Morgan fingerprint density at radius 3 is 2.88 bits per heavy atom. The molecule has 166 valence electrons. The smallest absolute Gasteiger partial charge is 0.225 e. The lowest BCUT2D eigenvalue weighted by atomic mass is 10.1. The summed E-state index contributed by atoms with van der Waals surface area (Å²) in [5, 5.41) is 22.3. The Bertz CT molecular complexity index is 1060. The van der Waals surface area contributed by atoms with Gasteiger partial charge in [0.1, 0.15) is 17.7 Å². The van der Waals surface area contributed by atoms with Crippen LogP contribution in [0.25, 0.3) is 6.08 Å². The van der Waals surface area contributed by atoms with E-state index in [2.05, 4.69) is 27.8 Å². The first-order valence-corrected chi connectivity index (χ1v) is 11.0. The van der Waals surface area contributed by atoms with Gasteiger partial charge in [-0.2, -0.15) is 5.26 Å². The summed E-state index contributed by atoms with van der Waals surface area (Å²) in [5.74, 6) is 1.69. The molecule has 32 heavy (non-hydrogen) atoms. The number of carbonyl (C=O) groups excluding carboxylic acids is 1. The number of aliphatic hydroxyl groups excluding tert-OH is 1. The lowest BCUT2D eigenvalue weighted by Gasteiger charge is -2.40. The van der Waals surface area contributed by atoms with Crippen LogP contribution in [0.15, 0.2) is 31.0 Å². The number of pyridine rings is 2. The van der Waals surface area contributed by atoms with Crippen LogP contribution in [0.3, 0.4) is 0 Å². The molecule has 0 radical (unpaired) electrons. The molecule has 1 atom stereocenters. The van der Waals surface area contributed by atoms with Gasteiger partial charge in [-0.05, 0) is 43.5 Å². The molecule has 1 aliphatic carbocycles. The fourth-order valence-electron chi connectivity index (χ4n) is 4.15. The van der Waals surface area contributed by atoms with Crippen LogP contribution in [0, 0.1) is 11.3 Å². The predicted molar refractivity (Wildman–Crippen MR) is 124 cm³/mol. The molecule has 1 amide bonds. The maximum absolute atomic E-state index is 12.2. The number of carbonyl (C=O) groups is 1. The minimum Gasteiger partial charge on any atom is -0.396 e. The van der Waals surface area contributed by atoms with E-state index in [1.165, 1.54) is 0 Å². The average Bonchev–Trinajstić information content (AvgIpc) is 3.64. The molecule has 1 aliphatic heterocycles. The molecule has 4 rings (SSSR count). The number of nitriles is 1. The van der Waals surface area contributed by atoms with Crippen molar-refractivity contribution in [3.63, 3.8) is 0 Å². The monoisotopic (exact) mass is 432 g/mol. The van der Waals surface area contributed by atoms with Crippen molar-refractivity contribution in [2.24, 2.45) is 0 Å². The third kappa shape index (κ3) is 4.58. The summed E-state index contributed by atoms with van der Waals surface area (Å²) in [6, 6.07) is 7.94. The molecule has 2 aromatic rings. The first-order valence-electron chi connectivity index (χ1n) is 11.0. The molecule has 0 bridgehead atoms.